The van der Waals surface area contributed by atoms with Crippen LogP contribution in [0.4, 0.5) is 0 Å². The van der Waals surface area contributed by atoms with Crippen LogP contribution in [0.15, 0.2) is 37.1 Å². The molecule has 0 amide bonds. The highest BCUT2D eigenvalue weighted by atomic mass is 16.5. The van der Waals surface area contributed by atoms with Gasteiger partial charge in [0, 0.05) is 0 Å². The molecule has 0 bridgehead atoms. The Morgan fingerprint density at radius 3 is 2.44 bits per heavy atom. The molecule has 0 saturated heterocycles. The van der Waals surface area contributed by atoms with Gasteiger partial charge in [-0.1, -0.05) is 18.7 Å². The van der Waals surface area contributed by atoms with Crippen LogP contribution in [-0.4, -0.2) is 6.61 Å². The fourth-order valence-electron chi connectivity index (χ4n) is 2.70. The summed E-state index contributed by atoms with van der Waals surface area (Å²) in [5.41, 5.74) is 2.11. The standard InChI is InChI=1S/C16H19NO/c1-2-18-12-14-5-9-16(10-6-14)15-7-3-13(11-17)4-8-15/h2-4,7-8,14,16H,1,5-6,9-10,12H2/t14-,16-. The molecule has 1 aliphatic carbocycles. The number of nitrogens with zero attached hydrogens (tertiary/aromatic N) is 1. The molecule has 1 aromatic rings. The van der Waals surface area contributed by atoms with Crippen LogP contribution in [-0.2, 0) is 4.74 Å². The van der Waals surface area contributed by atoms with Gasteiger partial charge in [-0.3, -0.25) is 0 Å². The van der Waals surface area contributed by atoms with Crippen LogP contribution in [0, 0.1) is 17.2 Å². The summed E-state index contributed by atoms with van der Waals surface area (Å²) in [5, 5.41) is 8.78. The lowest BCUT2D eigenvalue weighted by Crippen LogP contribution is -2.16. The molecule has 94 valence electrons. The second kappa shape index (κ2) is 6.26. The number of rotatable bonds is 4. The Morgan fingerprint density at radius 1 is 1.22 bits per heavy atom. The van der Waals surface area contributed by atoms with Gasteiger partial charge in [0.25, 0.3) is 0 Å². The minimum atomic E-state index is 0.651. The number of ether oxygens (including phenoxy) is 1. The highest BCUT2D eigenvalue weighted by molar-refractivity contribution is 5.33. The smallest absolute Gasteiger partial charge is 0.0991 e. The summed E-state index contributed by atoms with van der Waals surface area (Å²) in [6.45, 7) is 4.38. The molecule has 2 heteroatoms. The zero-order valence-electron chi connectivity index (χ0n) is 10.6. The fraction of sp³-hybridized carbons (Fsp3) is 0.438. The molecule has 1 aromatic carbocycles. The molecule has 0 aromatic heterocycles. The summed E-state index contributed by atoms with van der Waals surface area (Å²) in [7, 11) is 0. The van der Waals surface area contributed by atoms with Crippen molar-refractivity contribution in [2.24, 2.45) is 5.92 Å². The molecule has 0 atom stereocenters. The summed E-state index contributed by atoms with van der Waals surface area (Å²) in [5.74, 6) is 1.33. The van der Waals surface area contributed by atoms with E-state index < -0.39 is 0 Å². The lowest BCUT2D eigenvalue weighted by molar-refractivity contribution is 0.160. The van der Waals surface area contributed by atoms with E-state index in [1.54, 1.807) is 0 Å². The Hall–Kier alpha value is -1.75. The van der Waals surface area contributed by atoms with Crippen LogP contribution >= 0.6 is 0 Å². The minimum absolute atomic E-state index is 0.651. The molecular formula is C16H19NO. The van der Waals surface area contributed by atoms with Crippen molar-refractivity contribution in [3.8, 4) is 6.07 Å². The second-order valence-corrected chi connectivity index (χ2v) is 4.95. The van der Waals surface area contributed by atoms with Crippen molar-refractivity contribution in [3.63, 3.8) is 0 Å². The molecule has 1 fully saturated rings. The zero-order valence-corrected chi connectivity index (χ0v) is 10.6. The number of benzene rings is 1. The maximum absolute atomic E-state index is 8.78. The van der Waals surface area contributed by atoms with Crippen molar-refractivity contribution in [1.82, 2.24) is 0 Å². The molecule has 0 radical (unpaired) electrons. The van der Waals surface area contributed by atoms with E-state index in [-0.39, 0.29) is 0 Å². The number of nitriles is 1. The first-order valence-electron chi connectivity index (χ1n) is 6.56. The molecule has 0 heterocycles. The summed E-state index contributed by atoms with van der Waals surface area (Å²) < 4.78 is 5.27. The van der Waals surface area contributed by atoms with Gasteiger partial charge in [0.15, 0.2) is 0 Å². The molecule has 2 nitrogen and oxygen atoms in total. The summed E-state index contributed by atoms with van der Waals surface area (Å²) in [6.07, 6.45) is 6.41. The second-order valence-electron chi connectivity index (χ2n) is 4.95. The molecule has 1 aliphatic rings. The van der Waals surface area contributed by atoms with Crippen LogP contribution in [0.5, 0.6) is 0 Å². The maximum Gasteiger partial charge on any atom is 0.0991 e. The third kappa shape index (κ3) is 3.13. The van der Waals surface area contributed by atoms with Crippen molar-refractivity contribution in [3.05, 3.63) is 48.2 Å². The van der Waals surface area contributed by atoms with Crippen LogP contribution in [0.1, 0.15) is 42.7 Å². The highest BCUT2D eigenvalue weighted by Gasteiger charge is 2.22. The normalized spacial score (nSPS) is 23.1. The first-order chi connectivity index (χ1) is 8.83. The van der Waals surface area contributed by atoms with E-state index in [1.807, 2.05) is 12.1 Å². The molecule has 0 unspecified atom stereocenters. The highest BCUT2D eigenvalue weighted by Crippen LogP contribution is 2.35. The Labute approximate surface area is 109 Å². The van der Waals surface area contributed by atoms with E-state index in [9.17, 15) is 0 Å². The van der Waals surface area contributed by atoms with Gasteiger partial charge in [-0.25, -0.2) is 0 Å². The first kappa shape index (κ1) is 12.7. The fourth-order valence-corrected chi connectivity index (χ4v) is 2.70. The van der Waals surface area contributed by atoms with Crippen molar-refractivity contribution >= 4 is 0 Å². The molecule has 0 spiro atoms. The van der Waals surface area contributed by atoms with Gasteiger partial charge in [-0.05, 0) is 55.2 Å². The van der Waals surface area contributed by atoms with Gasteiger partial charge in [0.1, 0.15) is 0 Å². The van der Waals surface area contributed by atoms with E-state index in [0.717, 1.165) is 12.2 Å². The van der Waals surface area contributed by atoms with Crippen molar-refractivity contribution in [2.45, 2.75) is 31.6 Å². The topological polar surface area (TPSA) is 33.0 Å². The van der Waals surface area contributed by atoms with Crippen LogP contribution < -0.4 is 0 Å². The number of hydrogen-bond acceptors (Lipinski definition) is 2. The van der Waals surface area contributed by atoms with Gasteiger partial charge in [-0.15, -0.1) is 0 Å². The Bertz CT molecular complexity index is 421. The average molecular weight is 241 g/mol. The van der Waals surface area contributed by atoms with Crippen molar-refractivity contribution in [2.75, 3.05) is 6.61 Å². The Balaban J connectivity index is 1.88. The third-order valence-electron chi connectivity index (χ3n) is 3.81. The lowest BCUT2D eigenvalue weighted by Gasteiger charge is -2.28. The van der Waals surface area contributed by atoms with Gasteiger partial charge >= 0.3 is 0 Å². The van der Waals surface area contributed by atoms with Crippen LogP contribution in [0.2, 0.25) is 0 Å². The van der Waals surface area contributed by atoms with Crippen molar-refractivity contribution < 1.29 is 4.74 Å². The van der Waals surface area contributed by atoms with Gasteiger partial charge in [0.05, 0.1) is 24.5 Å². The first-order valence-corrected chi connectivity index (χ1v) is 6.56. The zero-order chi connectivity index (χ0) is 12.8. The monoisotopic (exact) mass is 241 g/mol. The van der Waals surface area contributed by atoms with E-state index in [1.165, 1.54) is 37.5 Å². The minimum Gasteiger partial charge on any atom is -0.502 e. The molecule has 18 heavy (non-hydrogen) atoms. The van der Waals surface area contributed by atoms with Gasteiger partial charge in [0.2, 0.25) is 0 Å². The number of hydrogen-bond donors (Lipinski definition) is 0. The summed E-state index contributed by atoms with van der Waals surface area (Å²) in [6, 6.07) is 10.2. The summed E-state index contributed by atoms with van der Waals surface area (Å²) in [4.78, 5) is 0. The SMILES string of the molecule is C=COC[C@H]1CC[C@H](c2ccc(C#N)cc2)CC1. The van der Waals surface area contributed by atoms with Crippen LogP contribution in [0.25, 0.3) is 0 Å². The summed E-state index contributed by atoms with van der Waals surface area (Å²) >= 11 is 0. The predicted octanol–water partition coefficient (Wildman–Crippen LogP) is 3.99. The quantitative estimate of drug-likeness (QED) is 0.747. The average Bonchev–Trinajstić information content (AvgIpc) is 2.46. The molecule has 2 rings (SSSR count). The predicted molar refractivity (Wildman–Crippen MR) is 72.0 cm³/mol. The maximum atomic E-state index is 8.78. The molecular weight excluding hydrogens is 222 g/mol. The molecule has 1 saturated carbocycles. The Morgan fingerprint density at radius 2 is 1.89 bits per heavy atom. The van der Waals surface area contributed by atoms with Crippen LogP contribution in [0.3, 0.4) is 0 Å². The van der Waals surface area contributed by atoms with Gasteiger partial charge < -0.3 is 4.74 Å². The molecule has 0 aliphatic heterocycles. The largest absolute Gasteiger partial charge is 0.502 e. The van der Waals surface area contributed by atoms with E-state index in [2.05, 4.69) is 24.8 Å². The van der Waals surface area contributed by atoms with Crippen molar-refractivity contribution in [1.29, 1.82) is 5.26 Å². The van der Waals surface area contributed by atoms with E-state index >= 15 is 0 Å². The van der Waals surface area contributed by atoms with E-state index in [0.29, 0.717) is 11.8 Å². The van der Waals surface area contributed by atoms with Gasteiger partial charge in [-0.2, -0.15) is 5.26 Å². The molecule has 0 N–H and O–H groups in total. The lowest BCUT2D eigenvalue weighted by atomic mass is 9.79. The Kier molecular flexibility index (Phi) is 4.41. The van der Waals surface area contributed by atoms with E-state index in [4.69, 9.17) is 10.00 Å². The third-order valence-corrected chi connectivity index (χ3v) is 3.81.